The Morgan fingerprint density at radius 1 is 1.50 bits per heavy atom. The number of hydrogen-bond acceptors (Lipinski definition) is 4. The molecule has 0 saturated carbocycles. The summed E-state index contributed by atoms with van der Waals surface area (Å²) in [6.45, 7) is 1.84. The second-order valence-electron chi connectivity index (χ2n) is 3.66. The highest BCUT2D eigenvalue weighted by atomic mass is 79.9. The van der Waals surface area contributed by atoms with Crippen molar-refractivity contribution in [1.82, 2.24) is 5.16 Å². The highest BCUT2D eigenvalue weighted by Gasteiger charge is 2.09. The maximum atomic E-state index is 11.0. The fraction of sp³-hybridized carbons (Fsp3) is 0.167. The summed E-state index contributed by atoms with van der Waals surface area (Å²) in [6, 6.07) is 7.11. The summed E-state index contributed by atoms with van der Waals surface area (Å²) in [5, 5.41) is 12.9. The van der Waals surface area contributed by atoms with Crippen LogP contribution in [0.2, 0.25) is 0 Å². The van der Waals surface area contributed by atoms with E-state index in [0.717, 1.165) is 16.3 Å². The molecule has 0 spiro atoms. The van der Waals surface area contributed by atoms with Crippen molar-refractivity contribution in [2.24, 2.45) is 0 Å². The molecule has 0 atom stereocenters. The van der Waals surface area contributed by atoms with Crippen LogP contribution in [0.15, 0.2) is 38.2 Å². The molecule has 1 aromatic carbocycles. The van der Waals surface area contributed by atoms with Crippen molar-refractivity contribution in [3.05, 3.63) is 45.8 Å². The molecule has 1 aromatic heterocycles. The highest BCUT2D eigenvalue weighted by Crippen LogP contribution is 2.27. The van der Waals surface area contributed by atoms with Gasteiger partial charge in [-0.2, -0.15) is 0 Å². The molecule has 0 radical (unpaired) electrons. The Bertz CT molecular complexity index is 582. The quantitative estimate of drug-likeness (QED) is 0.866. The monoisotopic (exact) mass is 327 g/mol. The van der Waals surface area contributed by atoms with E-state index < -0.39 is 5.97 Å². The Balaban J connectivity index is 2.10. The molecule has 1 N–H and O–H groups in total. The molecule has 0 aliphatic rings. The van der Waals surface area contributed by atoms with Crippen LogP contribution in [-0.2, 0) is 5.75 Å². The lowest BCUT2D eigenvalue weighted by Crippen LogP contribution is -1.97. The van der Waals surface area contributed by atoms with Gasteiger partial charge in [-0.25, -0.2) is 4.79 Å². The molecular formula is C12H10BrNO3S. The fourth-order valence-corrected chi connectivity index (χ4v) is 2.63. The molecule has 0 aliphatic heterocycles. The van der Waals surface area contributed by atoms with E-state index >= 15 is 0 Å². The molecule has 4 nitrogen and oxygen atoms in total. The van der Waals surface area contributed by atoms with Crippen LogP contribution in [0, 0.1) is 6.92 Å². The zero-order valence-corrected chi connectivity index (χ0v) is 11.9. The average Bonchev–Trinajstić information content (AvgIpc) is 2.74. The van der Waals surface area contributed by atoms with Crippen molar-refractivity contribution >= 4 is 33.7 Å². The Morgan fingerprint density at radius 2 is 2.28 bits per heavy atom. The lowest BCUT2D eigenvalue weighted by atomic mass is 10.2. The lowest BCUT2D eigenvalue weighted by molar-refractivity contribution is 0.0695. The molecule has 6 heteroatoms. The number of aromatic nitrogens is 1. The van der Waals surface area contributed by atoms with Crippen molar-refractivity contribution < 1.29 is 14.4 Å². The van der Waals surface area contributed by atoms with Crippen LogP contribution >= 0.6 is 27.7 Å². The normalized spacial score (nSPS) is 10.6. The zero-order chi connectivity index (χ0) is 13.1. The van der Waals surface area contributed by atoms with Crippen LogP contribution in [0.1, 0.15) is 21.8 Å². The number of nitrogens with zero attached hydrogens (tertiary/aromatic N) is 1. The second kappa shape index (κ2) is 5.58. The maximum Gasteiger partial charge on any atom is 0.336 e. The van der Waals surface area contributed by atoms with Gasteiger partial charge < -0.3 is 9.63 Å². The van der Waals surface area contributed by atoms with Gasteiger partial charge in [0.2, 0.25) is 0 Å². The first-order valence-electron chi connectivity index (χ1n) is 5.14. The molecule has 2 rings (SSSR count). The Hall–Kier alpha value is -1.27. The number of carboxylic acid groups (broad SMARTS) is 1. The van der Waals surface area contributed by atoms with Gasteiger partial charge in [-0.05, 0) is 41.1 Å². The molecule has 0 aliphatic carbocycles. The number of benzene rings is 1. The number of aryl methyl sites for hydroxylation is 1. The third-order valence-corrected chi connectivity index (χ3v) is 3.95. The smallest absolute Gasteiger partial charge is 0.336 e. The maximum absolute atomic E-state index is 11.0. The SMILES string of the molecule is Cc1cc(CSc2ccc(Br)c(C(=O)O)c2)no1. The van der Waals surface area contributed by atoms with Gasteiger partial charge in [-0.1, -0.05) is 5.16 Å². The summed E-state index contributed by atoms with van der Waals surface area (Å²) in [7, 11) is 0. The Morgan fingerprint density at radius 3 is 2.89 bits per heavy atom. The van der Waals surface area contributed by atoms with Crippen LogP contribution in [-0.4, -0.2) is 16.2 Å². The summed E-state index contributed by atoms with van der Waals surface area (Å²) in [4.78, 5) is 11.9. The van der Waals surface area contributed by atoms with E-state index in [0.29, 0.717) is 10.2 Å². The van der Waals surface area contributed by atoms with Gasteiger partial charge in [-0.15, -0.1) is 11.8 Å². The van der Waals surface area contributed by atoms with E-state index in [1.54, 1.807) is 12.1 Å². The zero-order valence-electron chi connectivity index (χ0n) is 9.51. The molecule has 0 saturated heterocycles. The molecule has 1 heterocycles. The molecule has 0 amide bonds. The molecule has 0 fully saturated rings. The van der Waals surface area contributed by atoms with Crippen LogP contribution in [0.25, 0.3) is 0 Å². The number of thioether (sulfide) groups is 1. The summed E-state index contributed by atoms with van der Waals surface area (Å²) in [5.41, 5.74) is 1.11. The number of hydrogen-bond donors (Lipinski definition) is 1. The first kappa shape index (κ1) is 13.2. The lowest BCUT2D eigenvalue weighted by Gasteiger charge is -2.03. The summed E-state index contributed by atoms with van der Waals surface area (Å²) in [6.07, 6.45) is 0. The van der Waals surface area contributed by atoms with Gasteiger partial charge >= 0.3 is 5.97 Å². The van der Waals surface area contributed by atoms with Gasteiger partial charge in [0.25, 0.3) is 0 Å². The molecular weight excluding hydrogens is 318 g/mol. The molecule has 0 unspecified atom stereocenters. The fourth-order valence-electron chi connectivity index (χ4n) is 1.40. The molecule has 0 bridgehead atoms. The third-order valence-electron chi connectivity index (χ3n) is 2.23. The van der Waals surface area contributed by atoms with E-state index in [4.69, 9.17) is 9.63 Å². The van der Waals surface area contributed by atoms with Crippen molar-refractivity contribution in [2.45, 2.75) is 17.6 Å². The minimum Gasteiger partial charge on any atom is -0.478 e. The van der Waals surface area contributed by atoms with E-state index in [9.17, 15) is 4.79 Å². The number of carboxylic acids is 1. The number of rotatable bonds is 4. The molecule has 2 aromatic rings. The highest BCUT2D eigenvalue weighted by molar-refractivity contribution is 9.10. The van der Waals surface area contributed by atoms with E-state index in [1.807, 2.05) is 19.1 Å². The summed E-state index contributed by atoms with van der Waals surface area (Å²) < 4.78 is 5.55. The summed E-state index contributed by atoms with van der Waals surface area (Å²) >= 11 is 4.73. The third kappa shape index (κ3) is 3.14. The number of halogens is 1. The number of aromatic carboxylic acids is 1. The second-order valence-corrected chi connectivity index (χ2v) is 5.57. The van der Waals surface area contributed by atoms with E-state index in [-0.39, 0.29) is 5.56 Å². The van der Waals surface area contributed by atoms with Crippen LogP contribution in [0.4, 0.5) is 0 Å². The number of carbonyl (C=O) groups is 1. The van der Waals surface area contributed by atoms with Crippen LogP contribution in [0.3, 0.4) is 0 Å². The molecule has 94 valence electrons. The topological polar surface area (TPSA) is 63.3 Å². The van der Waals surface area contributed by atoms with Crippen LogP contribution in [0.5, 0.6) is 0 Å². The van der Waals surface area contributed by atoms with Crippen molar-refractivity contribution in [3.8, 4) is 0 Å². The summed E-state index contributed by atoms with van der Waals surface area (Å²) in [5.74, 6) is 0.479. The Kier molecular flexibility index (Phi) is 4.08. The van der Waals surface area contributed by atoms with Crippen molar-refractivity contribution in [2.75, 3.05) is 0 Å². The van der Waals surface area contributed by atoms with Gasteiger partial charge in [-0.3, -0.25) is 0 Å². The minimum absolute atomic E-state index is 0.260. The van der Waals surface area contributed by atoms with Gasteiger partial charge in [0.1, 0.15) is 5.76 Å². The Labute approximate surface area is 116 Å². The van der Waals surface area contributed by atoms with E-state index in [1.165, 1.54) is 11.8 Å². The first-order valence-corrected chi connectivity index (χ1v) is 6.92. The van der Waals surface area contributed by atoms with Crippen molar-refractivity contribution in [1.29, 1.82) is 0 Å². The average molecular weight is 328 g/mol. The standard InChI is InChI=1S/C12H10BrNO3S/c1-7-4-8(14-17-7)6-18-9-2-3-11(13)10(5-9)12(15)16/h2-5H,6H2,1H3,(H,15,16). The minimum atomic E-state index is -0.943. The van der Waals surface area contributed by atoms with Crippen molar-refractivity contribution in [3.63, 3.8) is 0 Å². The van der Waals surface area contributed by atoms with Crippen LogP contribution < -0.4 is 0 Å². The molecule has 18 heavy (non-hydrogen) atoms. The van der Waals surface area contributed by atoms with Gasteiger partial charge in [0.05, 0.1) is 11.3 Å². The van der Waals surface area contributed by atoms with E-state index in [2.05, 4.69) is 21.1 Å². The predicted octanol–water partition coefficient (Wildman–Crippen LogP) is 3.74. The largest absolute Gasteiger partial charge is 0.478 e. The predicted molar refractivity (Wildman–Crippen MR) is 71.9 cm³/mol. The first-order chi connectivity index (χ1) is 8.56. The van der Waals surface area contributed by atoms with Gasteiger partial charge in [0.15, 0.2) is 0 Å². The van der Waals surface area contributed by atoms with Gasteiger partial charge in [0, 0.05) is 21.2 Å².